The molecule has 0 spiro atoms. The van der Waals surface area contributed by atoms with Crippen LogP contribution in [0.3, 0.4) is 0 Å². The third-order valence-corrected chi connectivity index (χ3v) is 8.38. The standard InChI is InChI=1S/C24H22BrIN2O5S/c1-4-8-16-19(23(30)32-5-2)20(14-9-6-7-10-17(14)31-3)28-22(29)18(34-24(28)27-16)12-13-11-15(25)21(26)33-13/h6-7,9-12,20H,4-5,8H2,1-3H3/b18-12+/t20-/m0/s1. The highest BCUT2D eigenvalue weighted by molar-refractivity contribution is 14.1. The highest BCUT2D eigenvalue weighted by Crippen LogP contribution is 2.36. The molecule has 7 nitrogen and oxygen atoms in total. The van der Waals surface area contributed by atoms with E-state index in [1.54, 1.807) is 24.7 Å². The molecule has 1 aliphatic heterocycles. The van der Waals surface area contributed by atoms with Crippen molar-refractivity contribution in [3.05, 3.63) is 80.9 Å². The van der Waals surface area contributed by atoms with Gasteiger partial charge in [0.1, 0.15) is 17.6 Å². The van der Waals surface area contributed by atoms with Gasteiger partial charge in [0.15, 0.2) is 8.57 Å². The van der Waals surface area contributed by atoms with E-state index < -0.39 is 12.0 Å². The van der Waals surface area contributed by atoms with Crippen molar-refractivity contribution in [1.82, 2.24) is 4.57 Å². The van der Waals surface area contributed by atoms with E-state index in [1.165, 1.54) is 11.3 Å². The van der Waals surface area contributed by atoms with Gasteiger partial charge < -0.3 is 13.9 Å². The van der Waals surface area contributed by atoms with Crippen LogP contribution in [0.25, 0.3) is 6.08 Å². The van der Waals surface area contributed by atoms with Gasteiger partial charge in [0.2, 0.25) is 0 Å². The van der Waals surface area contributed by atoms with Gasteiger partial charge in [0.05, 0.1) is 34.0 Å². The normalized spacial score (nSPS) is 15.8. The van der Waals surface area contributed by atoms with Crippen LogP contribution in [0.1, 0.15) is 44.1 Å². The second kappa shape index (κ2) is 10.6. The molecule has 2 aromatic heterocycles. The summed E-state index contributed by atoms with van der Waals surface area (Å²) in [6.07, 6.45) is 3.06. The maximum atomic E-state index is 13.7. The van der Waals surface area contributed by atoms with Crippen LogP contribution in [0, 0.1) is 3.77 Å². The fourth-order valence-corrected chi connectivity index (χ4v) is 5.59. The number of halogens is 2. The number of ether oxygens (including phenoxy) is 2. The van der Waals surface area contributed by atoms with Crippen molar-refractivity contribution in [2.75, 3.05) is 13.7 Å². The predicted octanol–water partition coefficient (Wildman–Crippen LogP) is 4.55. The van der Waals surface area contributed by atoms with Gasteiger partial charge in [-0.2, -0.15) is 0 Å². The largest absolute Gasteiger partial charge is 0.496 e. The van der Waals surface area contributed by atoms with Crippen molar-refractivity contribution < 1.29 is 18.7 Å². The number of aromatic nitrogens is 1. The molecule has 0 amide bonds. The molecule has 3 aromatic rings. The molecule has 178 valence electrons. The fraction of sp³-hybridized carbons (Fsp3) is 0.292. The Bertz CT molecular complexity index is 1430. The van der Waals surface area contributed by atoms with E-state index in [4.69, 9.17) is 18.9 Å². The number of rotatable bonds is 7. The molecule has 0 radical (unpaired) electrons. The first-order valence-electron chi connectivity index (χ1n) is 10.7. The van der Waals surface area contributed by atoms with Gasteiger partial charge in [-0.15, -0.1) is 0 Å². The minimum absolute atomic E-state index is 0.219. The van der Waals surface area contributed by atoms with Crippen LogP contribution in [0.2, 0.25) is 0 Å². The average molecular weight is 657 g/mol. The van der Waals surface area contributed by atoms with Crippen molar-refractivity contribution in [2.45, 2.75) is 32.7 Å². The van der Waals surface area contributed by atoms with Gasteiger partial charge >= 0.3 is 5.97 Å². The molecule has 0 saturated heterocycles. The number of allylic oxidation sites excluding steroid dienone is 1. The summed E-state index contributed by atoms with van der Waals surface area (Å²) in [5, 5.41) is 0. The second-order valence-corrected chi connectivity index (χ2v) is 10.3. The lowest BCUT2D eigenvalue weighted by atomic mass is 9.93. The van der Waals surface area contributed by atoms with Crippen LogP contribution in [0.15, 0.2) is 60.3 Å². The van der Waals surface area contributed by atoms with Gasteiger partial charge in [-0.3, -0.25) is 9.36 Å². The fourth-order valence-electron chi connectivity index (χ4n) is 3.87. The Labute approximate surface area is 222 Å². The number of hydrogen-bond donors (Lipinski definition) is 0. The Kier molecular flexibility index (Phi) is 7.78. The van der Waals surface area contributed by atoms with Crippen molar-refractivity contribution in [2.24, 2.45) is 4.99 Å². The third-order valence-electron chi connectivity index (χ3n) is 5.26. The minimum atomic E-state index is -0.723. The predicted molar refractivity (Wildman–Crippen MR) is 142 cm³/mol. The summed E-state index contributed by atoms with van der Waals surface area (Å²) in [7, 11) is 1.57. The van der Waals surface area contributed by atoms with Crippen LogP contribution < -0.4 is 19.6 Å². The lowest BCUT2D eigenvalue weighted by Crippen LogP contribution is -2.40. The number of para-hydroxylation sites is 1. The average Bonchev–Trinajstić information content (AvgIpc) is 3.30. The van der Waals surface area contributed by atoms with E-state index in [0.717, 1.165) is 10.9 Å². The number of esters is 1. The first-order chi connectivity index (χ1) is 16.4. The molecule has 4 rings (SSSR count). The molecular formula is C24H22BrIN2O5S. The Balaban J connectivity index is 2.03. The zero-order chi connectivity index (χ0) is 24.4. The number of nitrogens with zero attached hydrogens (tertiary/aromatic N) is 2. The topological polar surface area (TPSA) is 83.0 Å². The van der Waals surface area contributed by atoms with Gasteiger partial charge in [-0.1, -0.05) is 42.9 Å². The molecular weight excluding hydrogens is 635 g/mol. The molecule has 10 heteroatoms. The summed E-state index contributed by atoms with van der Waals surface area (Å²) in [5.41, 5.74) is 1.42. The number of fused-ring (bicyclic) bond motifs is 1. The molecule has 1 atom stereocenters. The van der Waals surface area contributed by atoms with Gasteiger partial charge in [-0.25, -0.2) is 9.79 Å². The summed E-state index contributed by atoms with van der Waals surface area (Å²) < 4.78 is 20.3. The Hall–Kier alpha value is -2.18. The number of hydrogen-bond acceptors (Lipinski definition) is 7. The summed E-state index contributed by atoms with van der Waals surface area (Å²) in [5.74, 6) is 0.643. The molecule has 1 aromatic carbocycles. The number of carbonyl (C=O) groups is 1. The lowest BCUT2D eigenvalue weighted by Gasteiger charge is -2.26. The summed E-state index contributed by atoms with van der Waals surface area (Å²) in [6.45, 7) is 4.00. The van der Waals surface area contributed by atoms with Gasteiger partial charge in [0.25, 0.3) is 5.56 Å². The van der Waals surface area contributed by atoms with Crippen molar-refractivity contribution in [3.8, 4) is 5.75 Å². The van der Waals surface area contributed by atoms with E-state index >= 15 is 0 Å². The minimum Gasteiger partial charge on any atom is -0.496 e. The quantitative estimate of drug-likeness (QED) is 0.275. The summed E-state index contributed by atoms with van der Waals surface area (Å²) in [6, 6.07) is 8.47. The summed E-state index contributed by atoms with van der Waals surface area (Å²) >= 11 is 6.77. The smallest absolute Gasteiger partial charge is 0.338 e. The molecule has 0 bridgehead atoms. The monoisotopic (exact) mass is 656 g/mol. The van der Waals surface area contributed by atoms with Crippen LogP contribution >= 0.6 is 49.9 Å². The summed E-state index contributed by atoms with van der Waals surface area (Å²) in [4.78, 5) is 32.2. The van der Waals surface area contributed by atoms with Crippen LogP contribution in [0.4, 0.5) is 0 Å². The Morgan fingerprint density at radius 2 is 2.12 bits per heavy atom. The highest BCUT2D eigenvalue weighted by Gasteiger charge is 2.35. The third kappa shape index (κ3) is 4.67. The van der Waals surface area contributed by atoms with Crippen molar-refractivity contribution in [3.63, 3.8) is 0 Å². The van der Waals surface area contributed by atoms with Crippen LogP contribution in [-0.4, -0.2) is 24.3 Å². The molecule has 0 aliphatic carbocycles. The van der Waals surface area contributed by atoms with Gasteiger partial charge in [-0.05, 0) is 41.4 Å². The van der Waals surface area contributed by atoms with Crippen molar-refractivity contribution in [1.29, 1.82) is 0 Å². The van der Waals surface area contributed by atoms with E-state index in [0.29, 0.717) is 47.9 Å². The Morgan fingerprint density at radius 1 is 1.35 bits per heavy atom. The molecule has 0 N–H and O–H groups in total. The SMILES string of the molecule is CCCC1=C(C(=O)OCC)[C@H](c2ccccc2OC)n2c(s/c(=C/c3cc(Br)c(I)o3)c2=O)=N1. The first kappa shape index (κ1) is 24.9. The van der Waals surface area contributed by atoms with E-state index in [2.05, 4.69) is 38.5 Å². The van der Waals surface area contributed by atoms with E-state index in [1.807, 2.05) is 37.3 Å². The number of benzene rings is 1. The number of methoxy groups -OCH3 is 1. The highest BCUT2D eigenvalue weighted by atomic mass is 127. The zero-order valence-electron chi connectivity index (χ0n) is 18.8. The van der Waals surface area contributed by atoms with Crippen LogP contribution in [0.5, 0.6) is 5.75 Å². The molecule has 1 aliphatic rings. The molecule has 3 heterocycles. The number of carbonyl (C=O) groups excluding carboxylic acids is 1. The molecule has 0 saturated carbocycles. The number of thiazole rings is 1. The van der Waals surface area contributed by atoms with Gasteiger partial charge in [0, 0.05) is 34.2 Å². The number of furan rings is 1. The first-order valence-corrected chi connectivity index (χ1v) is 13.4. The van der Waals surface area contributed by atoms with Crippen LogP contribution in [-0.2, 0) is 9.53 Å². The lowest BCUT2D eigenvalue weighted by molar-refractivity contribution is -0.139. The van der Waals surface area contributed by atoms with E-state index in [-0.39, 0.29) is 12.2 Å². The molecule has 0 fully saturated rings. The maximum Gasteiger partial charge on any atom is 0.338 e. The van der Waals surface area contributed by atoms with E-state index in [9.17, 15) is 9.59 Å². The van der Waals surface area contributed by atoms with Crippen molar-refractivity contribution >= 4 is 61.9 Å². The zero-order valence-corrected chi connectivity index (χ0v) is 23.3. The Morgan fingerprint density at radius 3 is 2.76 bits per heavy atom. The molecule has 34 heavy (non-hydrogen) atoms. The molecule has 0 unspecified atom stereocenters. The second-order valence-electron chi connectivity index (χ2n) is 7.43. The maximum absolute atomic E-state index is 13.7.